The highest BCUT2D eigenvalue weighted by atomic mass is 35.5. The molecule has 1 aromatic carbocycles. The number of benzene rings is 1. The fourth-order valence-electron chi connectivity index (χ4n) is 1.48. The Labute approximate surface area is 137 Å². The van der Waals surface area contributed by atoms with Crippen LogP contribution in [0.5, 0.6) is 5.75 Å². The summed E-state index contributed by atoms with van der Waals surface area (Å²) in [6.45, 7) is 5.10. The van der Waals surface area contributed by atoms with Crippen molar-refractivity contribution in [1.82, 2.24) is 0 Å². The highest BCUT2D eigenvalue weighted by Crippen LogP contribution is 2.34. The van der Waals surface area contributed by atoms with Crippen LogP contribution in [0.3, 0.4) is 0 Å². The largest absolute Gasteiger partial charge is 0.497 e. The van der Waals surface area contributed by atoms with Crippen LogP contribution < -0.4 is 10.1 Å². The van der Waals surface area contributed by atoms with E-state index in [4.69, 9.17) is 32.7 Å². The van der Waals surface area contributed by atoms with Crippen LogP contribution in [0.15, 0.2) is 24.3 Å². The molecular weight excluding hydrogens is 333 g/mol. The molecule has 1 atom stereocenters. The van der Waals surface area contributed by atoms with E-state index < -0.39 is 18.2 Å². The zero-order chi connectivity index (χ0) is 16.9. The standard InChI is InChI=1S/C14H15Cl2NO5/c1-7(2)12(13(18)21-4)22-14(19)17-10-6-8(20-3)5-9(15)11(10)16/h5-6,12H,1H2,2-4H3,(H,17,19). The van der Waals surface area contributed by atoms with Crippen molar-refractivity contribution in [3.8, 4) is 5.75 Å². The normalized spacial score (nSPS) is 11.3. The first-order valence-electron chi connectivity index (χ1n) is 6.04. The van der Waals surface area contributed by atoms with Crippen LogP contribution in [0.2, 0.25) is 10.0 Å². The minimum absolute atomic E-state index is 0.115. The number of amides is 1. The minimum atomic E-state index is -1.22. The molecule has 0 spiro atoms. The Kier molecular flexibility index (Phi) is 6.52. The molecule has 0 radical (unpaired) electrons. The van der Waals surface area contributed by atoms with Gasteiger partial charge in [0.2, 0.25) is 6.10 Å². The van der Waals surface area contributed by atoms with Gasteiger partial charge in [-0.15, -0.1) is 0 Å². The van der Waals surface area contributed by atoms with Gasteiger partial charge in [-0.3, -0.25) is 5.32 Å². The van der Waals surface area contributed by atoms with Crippen LogP contribution in [-0.2, 0) is 14.3 Å². The van der Waals surface area contributed by atoms with Crippen molar-refractivity contribution in [3.63, 3.8) is 0 Å². The van der Waals surface area contributed by atoms with Crippen molar-refractivity contribution in [2.75, 3.05) is 19.5 Å². The average Bonchev–Trinajstić information content (AvgIpc) is 2.48. The molecule has 1 unspecified atom stereocenters. The lowest BCUT2D eigenvalue weighted by atomic mass is 10.2. The number of esters is 1. The van der Waals surface area contributed by atoms with E-state index in [1.54, 1.807) is 0 Å². The van der Waals surface area contributed by atoms with E-state index in [2.05, 4.69) is 16.6 Å². The molecule has 0 aliphatic heterocycles. The fourth-order valence-corrected chi connectivity index (χ4v) is 1.84. The number of anilines is 1. The minimum Gasteiger partial charge on any atom is -0.497 e. The summed E-state index contributed by atoms with van der Waals surface area (Å²) >= 11 is 11.9. The molecule has 0 saturated carbocycles. The third kappa shape index (κ3) is 4.54. The van der Waals surface area contributed by atoms with Crippen molar-refractivity contribution in [2.45, 2.75) is 13.0 Å². The third-order valence-electron chi connectivity index (χ3n) is 2.56. The molecule has 1 N–H and O–H groups in total. The zero-order valence-electron chi connectivity index (χ0n) is 12.2. The molecular formula is C14H15Cl2NO5. The van der Waals surface area contributed by atoms with E-state index in [0.717, 1.165) is 0 Å². The van der Waals surface area contributed by atoms with E-state index in [-0.39, 0.29) is 15.7 Å². The molecule has 120 valence electrons. The van der Waals surface area contributed by atoms with Crippen LogP contribution >= 0.6 is 23.2 Å². The van der Waals surface area contributed by atoms with E-state index in [1.807, 2.05) is 0 Å². The highest BCUT2D eigenvalue weighted by molar-refractivity contribution is 6.44. The molecule has 1 aromatic rings. The molecule has 0 bridgehead atoms. The summed E-state index contributed by atoms with van der Waals surface area (Å²) in [6.07, 6.45) is -2.13. The summed E-state index contributed by atoms with van der Waals surface area (Å²) in [5.74, 6) is -0.341. The lowest BCUT2D eigenvalue weighted by Gasteiger charge is -2.16. The van der Waals surface area contributed by atoms with Gasteiger partial charge >= 0.3 is 12.1 Å². The topological polar surface area (TPSA) is 73.9 Å². The van der Waals surface area contributed by atoms with Gasteiger partial charge in [0.15, 0.2) is 0 Å². The molecule has 0 aliphatic carbocycles. The van der Waals surface area contributed by atoms with Gasteiger partial charge in [0.05, 0.1) is 30.0 Å². The molecule has 1 amide bonds. The second kappa shape index (κ2) is 7.91. The predicted octanol–water partition coefficient (Wildman–Crippen LogP) is 3.67. The Balaban J connectivity index is 2.91. The van der Waals surface area contributed by atoms with Crippen molar-refractivity contribution < 1.29 is 23.8 Å². The summed E-state index contributed by atoms with van der Waals surface area (Å²) in [7, 11) is 2.62. The maximum absolute atomic E-state index is 11.9. The Hall–Kier alpha value is -1.92. The Morgan fingerprint density at radius 3 is 2.41 bits per heavy atom. The molecule has 1 rings (SSSR count). The van der Waals surface area contributed by atoms with E-state index in [1.165, 1.54) is 33.3 Å². The molecule has 6 nitrogen and oxygen atoms in total. The number of hydrogen-bond donors (Lipinski definition) is 1. The molecule has 8 heteroatoms. The lowest BCUT2D eigenvalue weighted by molar-refractivity contribution is -0.148. The molecule has 0 heterocycles. The first kappa shape index (κ1) is 18.1. The van der Waals surface area contributed by atoms with Crippen LogP contribution in [0.4, 0.5) is 10.5 Å². The third-order valence-corrected chi connectivity index (χ3v) is 3.36. The lowest BCUT2D eigenvalue weighted by Crippen LogP contribution is -2.31. The molecule has 0 saturated heterocycles. The van der Waals surface area contributed by atoms with Gasteiger partial charge in [0, 0.05) is 12.1 Å². The van der Waals surface area contributed by atoms with Crippen LogP contribution in [0.1, 0.15) is 6.92 Å². The molecule has 0 aromatic heterocycles. The summed E-state index contributed by atoms with van der Waals surface area (Å²) in [6, 6.07) is 2.95. The van der Waals surface area contributed by atoms with Crippen molar-refractivity contribution in [2.24, 2.45) is 0 Å². The first-order chi connectivity index (χ1) is 10.3. The highest BCUT2D eigenvalue weighted by Gasteiger charge is 2.25. The van der Waals surface area contributed by atoms with E-state index in [0.29, 0.717) is 11.3 Å². The number of carbonyl (C=O) groups is 2. The number of carbonyl (C=O) groups excluding carboxylic acids is 2. The second-order valence-corrected chi connectivity index (χ2v) is 5.04. The van der Waals surface area contributed by atoms with Crippen LogP contribution in [0, 0.1) is 0 Å². The smallest absolute Gasteiger partial charge is 0.412 e. The Bertz CT molecular complexity index is 603. The van der Waals surface area contributed by atoms with Gasteiger partial charge < -0.3 is 14.2 Å². The van der Waals surface area contributed by atoms with Gasteiger partial charge in [-0.25, -0.2) is 9.59 Å². The van der Waals surface area contributed by atoms with Crippen molar-refractivity contribution >= 4 is 41.0 Å². The monoisotopic (exact) mass is 347 g/mol. The Morgan fingerprint density at radius 1 is 1.27 bits per heavy atom. The van der Waals surface area contributed by atoms with E-state index >= 15 is 0 Å². The summed E-state index contributed by atoms with van der Waals surface area (Å²) in [5.41, 5.74) is 0.498. The maximum atomic E-state index is 11.9. The Morgan fingerprint density at radius 2 is 1.91 bits per heavy atom. The number of hydrogen-bond acceptors (Lipinski definition) is 5. The fraction of sp³-hybridized carbons (Fsp3) is 0.286. The summed E-state index contributed by atoms with van der Waals surface area (Å²) in [5, 5.41) is 2.69. The molecule has 22 heavy (non-hydrogen) atoms. The molecule has 0 aliphatic rings. The number of ether oxygens (including phenoxy) is 3. The predicted molar refractivity (Wildman–Crippen MR) is 83.7 cm³/mol. The van der Waals surface area contributed by atoms with Gasteiger partial charge in [-0.2, -0.15) is 0 Å². The second-order valence-electron chi connectivity index (χ2n) is 4.25. The first-order valence-corrected chi connectivity index (χ1v) is 6.79. The SMILES string of the molecule is C=C(C)C(OC(=O)Nc1cc(OC)cc(Cl)c1Cl)C(=O)OC. The van der Waals surface area contributed by atoms with Gasteiger partial charge in [0.1, 0.15) is 5.75 Å². The van der Waals surface area contributed by atoms with Crippen LogP contribution in [0.25, 0.3) is 0 Å². The number of halogens is 2. The van der Waals surface area contributed by atoms with Crippen molar-refractivity contribution in [3.05, 3.63) is 34.3 Å². The quantitative estimate of drug-likeness (QED) is 0.649. The van der Waals surface area contributed by atoms with Gasteiger partial charge in [0.25, 0.3) is 0 Å². The number of methoxy groups -OCH3 is 2. The average molecular weight is 348 g/mol. The maximum Gasteiger partial charge on any atom is 0.412 e. The number of nitrogens with one attached hydrogen (secondary N) is 1. The van der Waals surface area contributed by atoms with Gasteiger partial charge in [-0.05, 0) is 12.5 Å². The molecule has 0 fully saturated rings. The van der Waals surface area contributed by atoms with Crippen LogP contribution in [-0.4, -0.2) is 32.4 Å². The summed E-state index contributed by atoms with van der Waals surface area (Å²) < 4.78 is 14.5. The summed E-state index contributed by atoms with van der Waals surface area (Å²) in [4.78, 5) is 23.4. The van der Waals surface area contributed by atoms with E-state index in [9.17, 15) is 9.59 Å². The van der Waals surface area contributed by atoms with Gasteiger partial charge in [-0.1, -0.05) is 29.8 Å². The number of rotatable bonds is 5. The zero-order valence-corrected chi connectivity index (χ0v) is 13.7. The van der Waals surface area contributed by atoms with Crippen molar-refractivity contribution in [1.29, 1.82) is 0 Å².